The van der Waals surface area contributed by atoms with Crippen LogP contribution in [0.1, 0.15) is 0 Å². The highest BCUT2D eigenvalue weighted by Gasteiger charge is 1.98. The number of hydrogen-bond acceptors (Lipinski definition) is 4. The van der Waals surface area contributed by atoms with E-state index >= 15 is 0 Å². The maximum Gasteiger partial charge on any atom is 0.229 e. The van der Waals surface area contributed by atoms with E-state index in [2.05, 4.69) is 27.3 Å². The zero-order valence-electron chi connectivity index (χ0n) is 8.95. The van der Waals surface area contributed by atoms with E-state index in [1.165, 1.54) is 16.7 Å². The molecule has 0 aliphatic carbocycles. The summed E-state index contributed by atoms with van der Waals surface area (Å²) in [7, 11) is 0. The van der Waals surface area contributed by atoms with Crippen LogP contribution in [0.2, 0.25) is 0 Å². The fraction of sp³-hybridized carbons (Fsp3) is 0. The van der Waals surface area contributed by atoms with Gasteiger partial charge in [0.05, 0.1) is 5.69 Å². The Balaban J connectivity index is 2.06. The van der Waals surface area contributed by atoms with Crippen molar-refractivity contribution in [2.75, 3.05) is 0 Å². The Morgan fingerprint density at radius 2 is 1.82 bits per heavy atom. The molecule has 3 rings (SSSR count). The molecule has 0 spiro atoms. The lowest BCUT2D eigenvalue weighted by molar-refractivity contribution is 1.20. The van der Waals surface area contributed by atoms with Crippen molar-refractivity contribution in [2.45, 2.75) is 0 Å². The van der Waals surface area contributed by atoms with Gasteiger partial charge in [-0.2, -0.15) is 0 Å². The van der Waals surface area contributed by atoms with Crippen LogP contribution in [0.4, 0.5) is 10.8 Å². The summed E-state index contributed by atoms with van der Waals surface area (Å²) in [6, 6.07) is 14.1. The van der Waals surface area contributed by atoms with Crippen LogP contribution >= 0.6 is 11.3 Å². The van der Waals surface area contributed by atoms with E-state index in [-0.39, 0.29) is 0 Å². The zero-order valence-corrected chi connectivity index (χ0v) is 9.76. The molecule has 0 bridgehead atoms. The Morgan fingerprint density at radius 1 is 0.941 bits per heavy atom. The third-order valence-corrected chi connectivity index (χ3v) is 3.08. The summed E-state index contributed by atoms with van der Waals surface area (Å²) in [6.07, 6.45) is 1.72. The number of benzene rings is 2. The van der Waals surface area contributed by atoms with E-state index in [0.717, 1.165) is 11.1 Å². The maximum atomic E-state index is 4.25. The molecule has 0 aliphatic heterocycles. The summed E-state index contributed by atoms with van der Waals surface area (Å²) in [5, 5.41) is 13.2. The van der Waals surface area contributed by atoms with Crippen molar-refractivity contribution in [1.82, 2.24) is 4.98 Å². The maximum absolute atomic E-state index is 4.25. The highest BCUT2D eigenvalue weighted by Crippen LogP contribution is 2.27. The fourth-order valence-electron chi connectivity index (χ4n) is 1.66. The van der Waals surface area contributed by atoms with Crippen molar-refractivity contribution in [1.29, 1.82) is 0 Å². The van der Waals surface area contributed by atoms with Crippen LogP contribution < -0.4 is 0 Å². The van der Waals surface area contributed by atoms with Crippen LogP contribution in [0.5, 0.6) is 0 Å². The van der Waals surface area contributed by atoms with E-state index in [0.29, 0.717) is 5.13 Å². The molecule has 0 fully saturated rings. The lowest BCUT2D eigenvalue weighted by atomic mass is 10.1. The van der Waals surface area contributed by atoms with Gasteiger partial charge < -0.3 is 0 Å². The van der Waals surface area contributed by atoms with Crippen LogP contribution in [0.3, 0.4) is 0 Å². The molecule has 4 heteroatoms. The van der Waals surface area contributed by atoms with Crippen molar-refractivity contribution < 1.29 is 0 Å². The molecule has 3 aromatic rings. The van der Waals surface area contributed by atoms with Crippen LogP contribution in [0.25, 0.3) is 10.8 Å². The second kappa shape index (κ2) is 4.43. The number of hydrogen-bond donors (Lipinski definition) is 0. The van der Waals surface area contributed by atoms with Gasteiger partial charge in [-0.15, -0.1) is 21.6 Å². The molecule has 82 valence electrons. The number of rotatable bonds is 2. The van der Waals surface area contributed by atoms with Gasteiger partial charge in [-0.25, -0.2) is 4.98 Å². The van der Waals surface area contributed by atoms with Crippen LogP contribution in [0, 0.1) is 0 Å². The van der Waals surface area contributed by atoms with Crippen LogP contribution in [-0.4, -0.2) is 4.98 Å². The van der Waals surface area contributed by atoms with Gasteiger partial charge in [0.1, 0.15) is 0 Å². The van der Waals surface area contributed by atoms with Gasteiger partial charge in [0.2, 0.25) is 5.13 Å². The van der Waals surface area contributed by atoms with Crippen LogP contribution in [0.15, 0.2) is 64.3 Å². The molecule has 1 heterocycles. The molecular weight excluding hydrogens is 230 g/mol. The van der Waals surface area contributed by atoms with Crippen molar-refractivity contribution in [3.63, 3.8) is 0 Å². The standard InChI is InChI=1S/C13H9N3S/c1-2-6-11-10(4-1)5-3-7-12(11)15-16-13-14-8-9-17-13/h1-9H. The van der Waals surface area contributed by atoms with Crippen molar-refractivity contribution >= 4 is 32.9 Å². The van der Waals surface area contributed by atoms with Crippen molar-refractivity contribution in [3.05, 3.63) is 54.0 Å². The zero-order chi connectivity index (χ0) is 11.5. The SMILES string of the molecule is c1ccc2c(N=Nc3nccs3)cccc2c1. The summed E-state index contributed by atoms with van der Waals surface area (Å²) >= 11 is 1.48. The summed E-state index contributed by atoms with van der Waals surface area (Å²) in [6.45, 7) is 0. The topological polar surface area (TPSA) is 37.6 Å². The molecule has 0 saturated heterocycles. The second-order valence-corrected chi connectivity index (χ2v) is 4.39. The largest absolute Gasteiger partial charge is 0.229 e. The van der Waals surface area contributed by atoms with Crippen molar-refractivity contribution in [2.24, 2.45) is 10.2 Å². The van der Waals surface area contributed by atoms with Gasteiger partial charge in [0.15, 0.2) is 0 Å². The average molecular weight is 239 g/mol. The molecule has 3 nitrogen and oxygen atoms in total. The van der Waals surface area contributed by atoms with E-state index in [1.54, 1.807) is 6.20 Å². The molecule has 2 aromatic carbocycles. The first-order valence-corrected chi connectivity index (χ1v) is 6.10. The lowest BCUT2D eigenvalue weighted by Crippen LogP contribution is -1.71. The summed E-state index contributed by atoms with van der Waals surface area (Å²) in [5.74, 6) is 0. The number of nitrogens with zero attached hydrogens (tertiary/aromatic N) is 3. The van der Waals surface area contributed by atoms with Gasteiger partial charge in [-0.1, -0.05) is 36.4 Å². The highest BCUT2D eigenvalue weighted by atomic mass is 32.1. The summed E-state index contributed by atoms with van der Waals surface area (Å²) in [4.78, 5) is 4.07. The Kier molecular flexibility index (Phi) is 2.63. The Morgan fingerprint density at radius 3 is 2.71 bits per heavy atom. The van der Waals surface area contributed by atoms with Crippen molar-refractivity contribution in [3.8, 4) is 0 Å². The minimum atomic E-state index is 0.679. The number of fused-ring (bicyclic) bond motifs is 1. The second-order valence-electron chi connectivity index (χ2n) is 3.51. The number of azo groups is 1. The number of aromatic nitrogens is 1. The van der Waals surface area contributed by atoms with Gasteiger partial charge in [-0.3, -0.25) is 0 Å². The fourth-order valence-corrected chi connectivity index (χ4v) is 2.11. The normalized spacial score (nSPS) is 11.3. The minimum absolute atomic E-state index is 0.679. The third kappa shape index (κ3) is 2.07. The van der Waals surface area contributed by atoms with E-state index in [4.69, 9.17) is 0 Å². The van der Waals surface area contributed by atoms with Gasteiger partial charge in [0.25, 0.3) is 0 Å². The predicted octanol–water partition coefficient (Wildman–Crippen LogP) is 4.71. The van der Waals surface area contributed by atoms with E-state index in [9.17, 15) is 0 Å². The summed E-state index contributed by atoms with van der Waals surface area (Å²) in [5.41, 5.74) is 0.873. The Hall–Kier alpha value is -2.07. The van der Waals surface area contributed by atoms with E-state index < -0.39 is 0 Å². The first kappa shape index (κ1) is 10.1. The lowest BCUT2D eigenvalue weighted by Gasteiger charge is -1.99. The Bertz CT molecular complexity index is 654. The molecule has 0 radical (unpaired) electrons. The smallest absolute Gasteiger partial charge is 0.226 e. The Labute approximate surface area is 102 Å². The third-order valence-electron chi connectivity index (χ3n) is 2.43. The first-order chi connectivity index (χ1) is 8.43. The van der Waals surface area contributed by atoms with Crippen LogP contribution in [-0.2, 0) is 0 Å². The molecule has 0 amide bonds. The molecule has 0 saturated carbocycles. The van der Waals surface area contributed by atoms with E-state index in [1.807, 2.05) is 35.7 Å². The molecule has 1 aromatic heterocycles. The molecule has 0 aliphatic rings. The molecule has 0 atom stereocenters. The number of thiazole rings is 1. The average Bonchev–Trinajstić information content (AvgIpc) is 2.89. The molecule has 0 N–H and O–H groups in total. The quantitative estimate of drug-likeness (QED) is 0.596. The monoisotopic (exact) mass is 239 g/mol. The predicted molar refractivity (Wildman–Crippen MR) is 70.2 cm³/mol. The molecule has 17 heavy (non-hydrogen) atoms. The first-order valence-electron chi connectivity index (χ1n) is 5.22. The molecule has 0 unspecified atom stereocenters. The summed E-state index contributed by atoms with van der Waals surface area (Å²) < 4.78 is 0. The minimum Gasteiger partial charge on any atom is -0.226 e. The van der Waals surface area contributed by atoms with Gasteiger partial charge in [0, 0.05) is 17.0 Å². The van der Waals surface area contributed by atoms with Gasteiger partial charge in [-0.05, 0) is 11.5 Å². The van der Waals surface area contributed by atoms with Gasteiger partial charge >= 0.3 is 0 Å². The molecular formula is C13H9N3S. The highest BCUT2D eigenvalue weighted by molar-refractivity contribution is 7.13.